The van der Waals surface area contributed by atoms with Gasteiger partial charge in [0.15, 0.2) is 0 Å². The number of esters is 1. The highest BCUT2D eigenvalue weighted by molar-refractivity contribution is 6.75. The van der Waals surface area contributed by atoms with Crippen molar-refractivity contribution < 1.29 is 9.53 Å². The van der Waals surface area contributed by atoms with E-state index in [1.807, 2.05) is 0 Å². The summed E-state index contributed by atoms with van der Waals surface area (Å²) >= 11 is 15.6. The molecule has 0 rings (SSSR count). The minimum atomic E-state index is -1.99. The van der Waals surface area contributed by atoms with Crippen LogP contribution in [0.5, 0.6) is 0 Å². The number of hydrogen-bond acceptors (Lipinski definition) is 2. The van der Waals surface area contributed by atoms with Crippen molar-refractivity contribution in [2.45, 2.75) is 10.7 Å². The van der Waals surface area contributed by atoms with Gasteiger partial charge in [-0.3, -0.25) is 0 Å². The molecule has 0 aromatic rings. The van der Waals surface area contributed by atoms with Crippen molar-refractivity contribution in [2.75, 3.05) is 6.61 Å². The van der Waals surface area contributed by atoms with Gasteiger partial charge >= 0.3 is 5.97 Å². The molecular weight excluding hydrogens is 210 g/mol. The zero-order chi connectivity index (χ0) is 9.07. The van der Waals surface area contributed by atoms with Gasteiger partial charge < -0.3 is 4.74 Å². The second-order valence-corrected chi connectivity index (χ2v) is 4.31. The second kappa shape index (κ2) is 4.19. The molecule has 0 aliphatic heterocycles. The molecule has 0 heterocycles. The van der Waals surface area contributed by atoms with E-state index in [1.165, 1.54) is 0 Å². The molecule has 0 aliphatic rings. The zero-order valence-corrected chi connectivity index (χ0v) is 8.13. The molecule has 0 unspecified atom stereocenters. The maximum atomic E-state index is 10.7. The third kappa shape index (κ3) is 5.36. The third-order valence-corrected chi connectivity index (χ3v) is 1.14. The van der Waals surface area contributed by atoms with Gasteiger partial charge in [0, 0.05) is 0 Å². The molecule has 11 heavy (non-hydrogen) atoms. The molecule has 0 atom stereocenters. The molecule has 0 aliphatic carbocycles. The Balaban J connectivity index is 3.80. The van der Waals surface area contributed by atoms with E-state index >= 15 is 0 Å². The number of carbonyl (C=O) groups is 1. The summed E-state index contributed by atoms with van der Waals surface area (Å²) < 4.78 is 2.54. The SMILES string of the molecule is C=C(C)COC(=O)C(Cl)(Cl)Cl. The van der Waals surface area contributed by atoms with Crippen LogP contribution in [0.1, 0.15) is 6.92 Å². The molecule has 0 fully saturated rings. The molecule has 0 saturated heterocycles. The van der Waals surface area contributed by atoms with Crippen molar-refractivity contribution in [3.8, 4) is 0 Å². The Morgan fingerprint density at radius 2 is 2.00 bits per heavy atom. The molecule has 0 radical (unpaired) electrons. The Morgan fingerprint density at radius 3 is 2.27 bits per heavy atom. The van der Waals surface area contributed by atoms with Gasteiger partial charge in [0.05, 0.1) is 0 Å². The first kappa shape index (κ1) is 11.1. The maximum absolute atomic E-state index is 10.7. The zero-order valence-electron chi connectivity index (χ0n) is 5.86. The predicted octanol–water partition coefficient (Wildman–Crippen LogP) is 2.48. The molecule has 0 amide bonds. The van der Waals surface area contributed by atoms with Crippen LogP contribution in [0.25, 0.3) is 0 Å². The van der Waals surface area contributed by atoms with Gasteiger partial charge in [-0.1, -0.05) is 41.4 Å². The fourth-order valence-electron chi connectivity index (χ4n) is 0.271. The van der Waals surface area contributed by atoms with E-state index in [0.717, 1.165) is 0 Å². The largest absolute Gasteiger partial charge is 0.458 e. The summed E-state index contributed by atoms with van der Waals surface area (Å²) in [6, 6.07) is 0. The molecule has 5 heteroatoms. The van der Waals surface area contributed by atoms with Gasteiger partial charge in [-0.15, -0.1) is 0 Å². The number of halogens is 3. The molecule has 0 spiro atoms. The summed E-state index contributed by atoms with van der Waals surface area (Å²) in [6.07, 6.45) is 0. The van der Waals surface area contributed by atoms with Crippen LogP contribution in [0.2, 0.25) is 0 Å². The first-order valence-electron chi connectivity index (χ1n) is 2.72. The minimum Gasteiger partial charge on any atom is -0.458 e. The average molecular weight is 217 g/mol. The Kier molecular flexibility index (Phi) is 4.22. The highest BCUT2D eigenvalue weighted by Gasteiger charge is 2.32. The van der Waals surface area contributed by atoms with E-state index in [2.05, 4.69) is 11.3 Å². The lowest BCUT2D eigenvalue weighted by molar-refractivity contribution is -0.141. The smallest absolute Gasteiger partial charge is 0.358 e. The van der Waals surface area contributed by atoms with Gasteiger partial charge in [0.25, 0.3) is 3.79 Å². The van der Waals surface area contributed by atoms with Crippen LogP contribution in [0, 0.1) is 0 Å². The molecule has 0 N–H and O–H groups in total. The van der Waals surface area contributed by atoms with Crippen LogP contribution in [-0.2, 0) is 9.53 Å². The van der Waals surface area contributed by atoms with Gasteiger partial charge in [-0.25, -0.2) is 4.79 Å². The molecule has 2 nitrogen and oxygen atoms in total. The lowest BCUT2D eigenvalue weighted by Crippen LogP contribution is -2.22. The number of rotatable bonds is 2. The molecular formula is C6H7Cl3O2. The van der Waals surface area contributed by atoms with E-state index in [9.17, 15) is 4.79 Å². The summed E-state index contributed by atoms with van der Waals surface area (Å²) in [5.74, 6) is -0.884. The topological polar surface area (TPSA) is 26.3 Å². The predicted molar refractivity (Wildman–Crippen MR) is 46.1 cm³/mol. The van der Waals surface area contributed by atoms with Crippen molar-refractivity contribution >= 4 is 40.8 Å². The summed E-state index contributed by atoms with van der Waals surface area (Å²) in [4.78, 5) is 10.7. The van der Waals surface area contributed by atoms with Crippen LogP contribution >= 0.6 is 34.8 Å². The highest BCUT2D eigenvalue weighted by atomic mass is 35.6. The monoisotopic (exact) mass is 216 g/mol. The van der Waals surface area contributed by atoms with Gasteiger partial charge in [0.1, 0.15) is 6.61 Å². The summed E-state index contributed by atoms with van der Waals surface area (Å²) in [5.41, 5.74) is 0.688. The first-order chi connectivity index (χ1) is 4.84. The van der Waals surface area contributed by atoms with Crippen LogP contribution in [0.4, 0.5) is 0 Å². The molecule has 0 saturated carbocycles. The van der Waals surface area contributed by atoms with Crippen molar-refractivity contribution in [1.29, 1.82) is 0 Å². The van der Waals surface area contributed by atoms with Crippen LogP contribution in [0.15, 0.2) is 12.2 Å². The Bertz CT molecular complexity index is 171. The summed E-state index contributed by atoms with van der Waals surface area (Å²) in [6.45, 7) is 5.28. The normalized spacial score (nSPS) is 10.9. The van der Waals surface area contributed by atoms with Crippen molar-refractivity contribution in [1.82, 2.24) is 0 Å². The number of hydrogen-bond donors (Lipinski definition) is 0. The fraction of sp³-hybridized carbons (Fsp3) is 0.500. The summed E-state index contributed by atoms with van der Waals surface area (Å²) in [5, 5.41) is 0. The van der Waals surface area contributed by atoms with Crippen LogP contribution < -0.4 is 0 Å². The quantitative estimate of drug-likeness (QED) is 0.403. The Morgan fingerprint density at radius 1 is 1.55 bits per heavy atom. The number of carbonyl (C=O) groups excluding carboxylic acids is 1. The molecule has 0 aromatic carbocycles. The first-order valence-corrected chi connectivity index (χ1v) is 3.85. The standard InChI is InChI=1S/C6H7Cl3O2/c1-4(2)3-11-5(10)6(7,8)9/h1,3H2,2H3. The maximum Gasteiger partial charge on any atom is 0.358 e. The van der Waals surface area contributed by atoms with Gasteiger partial charge in [0.2, 0.25) is 0 Å². The molecule has 0 aromatic heterocycles. The average Bonchev–Trinajstić information content (AvgIpc) is 1.80. The van der Waals surface area contributed by atoms with E-state index in [4.69, 9.17) is 34.8 Å². The van der Waals surface area contributed by atoms with Crippen molar-refractivity contribution in [2.24, 2.45) is 0 Å². The molecule has 0 bridgehead atoms. The van der Waals surface area contributed by atoms with E-state index in [1.54, 1.807) is 6.92 Å². The fourth-order valence-corrected chi connectivity index (χ4v) is 0.434. The van der Waals surface area contributed by atoms with E-state index in [0.29, 0.717) is 5.57 Å². The van der Waals surface area contributed by atoms with E-state index < -0.39 is 9.76 Å². The van der Waals surface area contributed by atoms with Crippen LogP contribution in [0.3, 0.4) is 0 Å². The highest BCUT2D eigenvalue weighted by Crippen LogP contribution is 2.27. The Hall–Kier alpha value is 0.0800. The van der Waals surface area contributed by atoms with Gasteiger partial charge in [-0.2, -0.15) is 0 Å². The Labute approximate surface area is 80.1 Å². The number of ether oxygens (including phenoxy) is 1. The summed E-state index contributed by atoms with van der Waals surface area (Å²) in [7, 11) is 0. The van der Waals surface area contributed by atoms with E-state index in [-0.39, 0.29) is 6.61 Å². The third-order valence-electron chi connectivity index (χ3n) is 0.681. The number of alkyl halides is 3. The second-order valence-electron chi connectivity index (χ2n) is 2.03. The molecule has 64 valence electrons. The van der Waals surface area contributed by atoms with Crippen molar-refractivity contribution in [3.63, 3.8) is 0 Å². The van der Waals surface area contributed by atoms with Crippen molar-refractivity contribution in [3.05, 3.63) is 12.2 Å². The van der Waals surface area contributed by atoms with Crippen LogP contribution in [-0.4, -0.2) is 16.4 Å². The van der Waals surface area contributed by atoms with Gasteiger partial charge in [-0.05, 0) is 12.5 Å². The lowest BCUT2D eigenvalue weighted by atomic mass is 10.4. The minimum absolute atomic E-state index is 0.0761. The lowest BCUT2D eigenvalue weighted by Gasteiger charge is -2.09.